The number of hydrogen-bond donors (Lipinski definition) is 2. The van der Waals surface area contributed by atoms with Gasteiger partial charge in [-0.25, -0.2) is 9.78 Å². The van der Waals surface area contributed by atoms with Crippen molar-refractivity contribution >= 4 is 27.7 Å². The first kappa shape index (κ1) is 10.2. The highest BCUT2D eigenvalue weighted by Crippen LogP contribution is 2.24. The molecule has 0 radical (unpaired) electrons. The maximum atomic E-state index is 10.8. The average Bonchev–Trinajstić information content (AvgIpc) is 2.19. The fraction of sp³-hybridized carbons (Fsp3) is 0.333. The van der Waals surface area contributed by atoms with Crippen molar-refractivity contribution < 1.29 is 9.90 Å². The van der Waals surface area contributed by atoms with Crippen molar-refractivity contribution in [2.75, 3.05) is 12.3 Å². The third-order valence-corrected chi connectivity index (χ3v) is 3.07. The number of nitrogens with two attached hydrogens (primary N) is 1. The number of nitrogen functional groups attached to an aromatic ring is 1. The summed E-state index contributed by atoms with van der Waals surface area (Å²) in [7, 11) is 0. The Hall–Kier alpha value is -1.30. The van der Waals surface area contributed by atoms with Gasteiger partial charge >= 0.3 is 6.09 Å². The lowest BCUT2D eigenvalue weighted by molar-refractivity contribution is 0.139. The van der Waals surface area contributed by atoms with E-state index in [-0.39, 0.29) is 0 Å². The smallest absolute Gasteiger partial charge is 0.407 e. The number of fused-ring (bicyclic) bond motifs is 1. The minimum absolute atomic E-state index is 0.337. The van der Waals surface area contributed by atoms with Crippen molar-refractivity contribution in [3.63, 3.8) is 0 Å². The van der Waals surface area contributed by atoms with Gasteiger partial charge in [-0.3, -0.25) is 0 Å². The van der Waals surface area contributed by atoms with Gasteiger partial charge < -0.3 is 15.7 Å². The topological polar surface area (TPSA) is 79.5 Å². The van der Waals surface area contributed by atoms with Crippen molar-refractivity contribution in [3.05, 3.63) is 21.9 Å². The molecule has 1 amide bonds. The molecule has 15 heavy (non-hydrogen) atoms. The zero-order valence-electron chi connectivity index (χ0n) is 7.90. The lowest BCUT2D eigenvalue weighted by atomic mass is 10.1. The Labute approximate surface area is 95.0 Å². The zero-order chi connectivity index (χ0) is 11.0. The number of rotatable bonds is 0. The minimum Gasteiger partial charge on any atom is -0.465 e. The number of hydrogen-bond acceptors (Lipinski definition) is 3. The third kappa shape index (κ3) is 1.90. The summed E-state index contributed by atoms with van der Waals surface area (Å²) in [5.41, 5.74) is 8.11. The molecule has 0 unspecified atom stereocenters. The van der Waals surface area contributed by atoms with Gasteiger partial charge in [-0.05, 0) is 34.0 Å². The molecule has 80 valence electrons. The Balaban J connectivity index is 2.34. The third-order valence-electron chi connectivity index (χ3n) is 2.43. The summed E-state index contributed by atoms with van der Waals surface area (Å²) in [4.78, 5) is 16.4. The predicted molar refractivity (Wildman–Crippen MR) is 58.5 cm³/mol. The molecule has 0 atom stereocenters. The molecule has 0 saturated carbocycles. The van der Waals surface area contributed by atoms with E-state index in [0.717, 1.165) is 11.3 Å². The predicted octanol–water partition coefficient (Wildman–Crippen LogP) is 1.46. The van der Waals surface area contributed by atoms with Crippen LogP contribution < -0.4 is 5.73 Å². The van der Waals surface area contributed by atoms with Crippen LogP contribution >= 0.6 is 15.9 Å². The Bertz CT molecular complexity index is 422. The molecule has 3 N–H and O–H groups in total. The molecule has 0 aliphatic carbocycles. The van der Waals surface area contributed by atoms with Crippen molar-refractivity contribution in [3.8, 4) is 0 Å². The second-order valence-corrected chi connectivity index (χ2v) is 4.18. The Kier molecular flexibility index (Phi) is 2.52. The summed E-state index contributed by atoms with van der Waals surface area (Å²) in [6.07, 6.45) is -0.234. The van der Waals surface area contributed by atoms with Crippen LogP contribution in [-0.4, -0.2) is 27.6 Å². The average molecular weight is 272 g/mol. The number of carboxylic acid groups (broad SMARTS) is 1. The molecule has 1 aliphatic heterocycles. The lowest BCUT2D eigenvalue weighted by Crippen LogP contribution is -2.35. The molecule has 0 saturated heterocycles. The van der Waals surface area contributed by atoms with E-state index in [9.17, 15) is 4.79 Å². The minimum atomic E-state index is -0.907. The molecule has 2 rings (SSSR count). The van der Waals surface area contributed by atoms with Crippen LogP contribution in [0.2, 0.25) is 0 Å². The molecule has 0 aromatic carbocycles. The van der Waals surface area contributed by atoms with E-state index in [4.69, 9.17) is 10.8 Å². The van der Waals surface area contributed by atoms with Gasteiger partial charge in [0.05, 0.1) is 17.9 Å². The van der Waals surface area contributed by atoms with Crippen molar-refractivity contribution in [1.29, 1.82) is 0 Å². The highest BCUT2D eigenvalue weighted by molar-refractivity contribution is 9.10. The van der Waals surface area contributed by atoms with E-state index in [1.165, 1.54) is 4.90 Å². The van der Waals surface area contributed by atoms with E-state index in [1.54, 1.807) is 0 Å². The van der Waals surface area contributed by atoms with Crippen LogP contribution in [0, 0.1) is 0 Å². The summed E-state index contributed by atoms with van der Waals surface area (Å²) < 4.78 is 0.577. The summed E-state index contributed by atoms with van der Waals surface area (Å²) in [6.45, 7) is 0.842. The maximum absolute atomic E-state index is 10.8. The molecule has 1 aromatic heterocycles. The van der Waals surface area contributed by atoms with Crippen molar-refractivity contribution in [2.45, 2.75) is 13.0 Å². The molecular weight excluding hydrogens is 262 g/mol. The number of nitrogens with zero attached hydrogens (tertiary/aromatic N) is 2. The highest BCUT2D eigenvalue weighted by Gasteiger charge is 2.21. The fourth-order valence-electron chi connectivity index (χ4n) is 1.62. The second-order valence-electron chi connectivity index (χ2n) is 3.43. The first-order valence-electron chi connectivity index (χ1n) is 4.49. The first-order chi connectivity index (χ1) is 7.08. The number of halogens is 1. The van der Waals surface area contributed by atoms with Crippen LogP contribution in [0.5, 0.6) is 0 Å². The molecular formula is C9H10BrN3O2. The van der Waals surface area contributed by atoms with E-state index < -0.39 is 6.09 Å². The molecule has 0 fully saturated rings. The van der Waals surface area contributed by atoms with Gasteiger partial charge in [-0.15, -0.1) is 0 Å². The second kappa shape index (κ2) is 3.69. The van der Waals surface area contributed by atoms with Crippen LogP contribution in [-0.2, 0) is 13.0 Å². The molecule has 2 heterocycles. The normalized spacial score (nSPS) is 14.9. The molecule has 5 nitrogen and oxygen atoms in total. The summed E-state index contributed by atoms with van der Waals surface area (Å²) in [5.74, 6) is 0. The van der Waals surface area contributed by atoms with Gasteiger partial charge in [0.2, 0.25) is 0 Å². The van der Waals surface area contributed by atoms with E-state index in [1.807, 2.05) is 6.07 Å². The van der Waals surface area contributed by atoms with Crippen LogP contribution in [0.3, 0.4) is 0 Å². The Morgan fingerprint density at radius 1 is 1.67 bits per heavy atom. The van der Waals surface area contributed by atoms with E-state index in [2.05, 4.69) is 20.9 Å². The van der Waals surface area contributed by atoms with Gasteiger partial charge in [0, 0.05) is 6.54 Å². The van der Waals surface area contributed by atoms with Gasteiger partial charge in [0.1, 0.15) is 4.60 Å². The SMILES string of the molecule is Nc1cc2c(nc1Br)CN(C(=O)O)CC2. The Morgan fingerprint density at radius 3 is 3.07 bits per heavy atom. The van der Waals surface area contributed by atoms with Crippen LogP contribution in [0.25, 0.3) is 0 Å². The van der Waals surface area contributed by atoms with E-state index in [0.29, 0.717) is 29.8 Å². The highest BCUT2D eigenvalue weighted by atomic mass is 79.9. The number of carbonyl (C=O) groups is 1. The van der Waals surface area contributed by atoms with Gasteiger partial charge in [0.15, 0.2) is 0 Å². The zero-order valence-corrected chi connectivity index (χ0v) is 9.49. The summed E-state index contributed by atoms with van der Waals surface area (Å²) >= 11 is 3.23. The molecule has 0 bridgehead atoms. The van der Waals surface area contributed by atoms with Gasteiger partial charge in [0.25, 0.3) is 0 Å². The molecule has 0 spiro atoms. The van der Waals surface area contributed by atoms with Crippen LogP contribution in [0.1, 0.15) is 11.3 Å². The standard InChI is InChI=1S/C9H10BrN3O2/c10-8-6(11)3-5-1-2-13(9(14)15)4-7(5)12-8/h3H,1-2,4,11H2,(H,14,15). The number of amides is 1. The fourth-order valence-corrected chi connectivity index (χ4v) is 1.95. The molecule has 1 aromatic rings. The monoisotopic (exact) mass is 271 g/mol. The van der Waals surface area contributed by atoms with Crippen molar-refractivity contribution in [2.24, 2.45) is 0 Å². The Morgan fingerprint density at radius 2 is 2.40 bits per heavy atom. The quantitative estimate of drug-likeness (QED) is 0.701. The van der Waals surface area contributed by atoms with Gasteiger partial charge in [-0.1, -0.05) is 0 Å². The first-order valence-corrected chi connectivity index (χ1v) is 5.29. The van der Waals surface area contributed by atoms with Crippen molar-refractivity contribution in [1.82, 2.24) is 9.88 Å². The largest absolute Gasteiger partial charge is 0.465 e. The van der Waals surface area contributed by atoms with Gasteiger partial charge in [-0.2, -0.15) is 0 Å². The number of pyridine rings is 1. The summed E-state index contributed by atoms with van der Waals surface area (Å²) in [5, 5.41) is 8.85. The van der Waals surface area contributed by atoms with Crippen LogP contribution in [0.15, 0.2) is 10.7 Å². The lowest BCUT2D eigenvalue weighted by Gasteiger charge is -2.25. The van der Waals surface area contributed by atoms with Crippen LogP contribution in [0.4, 0.5) is 10.5 Å². The number of aromatic nitrogens is 1. The van der Waals surface area contributed by atoms with E-state index >= 15 is 0 Å². The molecule has 6 heteroatoms. The molecule has 1 aliphatic rings. The number of anilines is 1. The maximum Gasteiger partial charge on any atom is 0.407 e. The summed E-state index contributed by atoms with van der Waals surface area (Å²) in [6, 6.07) is 1.85.